The van der Waals surface area contributed by atoms with Crippen LogP contribution in [0.4, 0.5) is 0 Å². The maximum absolute atomic E-state index is 6.38. The molecule has 104 valence electrons. The Labute approximate surface area is 116 Å². The normalized spacial score (nSPS) is 16.8. The van der Waals surface area contributed by atoms with Gasteiger partial charge in [-0.05, 0) is 50.7 Å². The zero-order chi connectivity index (χ0) is 13.7. The van der Waals surface area contributed by atoms with E-state index < -0.39 is 0 Å². The van der Waals surface area contributed by atoms with Crippen LogP contribution in [0.3, 0.4) is 0 Å². The van der Waals surface area contributed by atoms with E-state index in [2.05, 4.69) is 51.1 Å². The molecule has 0 aromatic carbocycles. The lowest BCUT2D eigenvalue weighted by atomic mass is 9.98. The van der Waals surface area contributed by atoms with Crippen molar-refractivity contribution in [2.45, 2.75) is 65.1 Å². The van der Waals surface area contributed by atoms with Crippen molar-refractivity contribution in [3.05, 3.63) is 21.9 Å². The molecule has 0 aliphatic heterocycles. The molecule has 2 nitrogen and oxygen atoms in total. The van der Waals surface area contributed by atoms with Crippen molar-refractivity contribution < 1.29 is 0 Å². The molecule has 3 unspecified atom stereocenters. The zero-order valence-corrected chi connectivity index (χ0v) is 13.3. The molecule has 3 atom stereocenters. The van der Waals surface area contributed by atoms with Crippen LogP contribution in [0.15, 0.2) is 11.4 Å². The monoisotopic (exact) mass is 268 g/mol. The van der Waals surface area contributed by atoms with Gasteiger partial charge in [-0.1, -0.05) is 20.3 Å². The van der Waals surface area contributed by atoms with E-state index in [-0.39, 0.29) is 6.04 Å². The Balaban J connectivity index is 2.95. The van der Waals surface area contributed by atoms with Gasteiger partial charge in [-0.2, -0.15) is 0 Å². The van der Waals surface area contributed by atoms with Gasteiger partial charge >= 0.3 is 0 Å². The number of nitrogens with two attached hydrogens (primary N) is 1. The number of nitrogens with zero attached hydrogens (tertiary/aromatic N) is 1. The molecule has 0 saturated carbocycles. The lowest BCUT2D eigenvalue weighted by Gasteiger charge is -2.36. The first-order chi connectivity index (χ1) is 8.52. The average Bonchev–Trinajstić information content (AvgIpc) is 2.76. The highest BCUT2D eigenvalue weighted by molar-refractivity contribution is 7.10. The molecule has 1 rings (SSSR count). The summed E-state index contributed by atoms with van der Waals surface area (Å²) in [5.74, 6) is 0. The molecule has 0 aliphatic carbocycles. The molecule has 0 amide bonds. The van der Waals surface area contributed by atoms with E-state index in [9.17, 15) is 0 Å². The van der Waals surface area contributed by atoms with Crippen molar-refractivity contribution in [2.75, 3.05) is 7.05 Å². The summed E-state index contributed by atoms with van der Waals surface area (Å²) in [4.78, 5) is 3.91. The summed E-state index contributed by atoms with van der Waals surface area (Å²) < 4.78 is 0. The van der Waals surface area contributed by atoms with Crippen LogP contribution in [-0.2, 0) is 0 Å². The largest absolute Gasteiger partial charge is 0.326 e. The van der Waals surface area contributed by atoms with E-state index in [0.29, 0.717) is 12.1 Å². The maximum atomic E-state index is 6.38. The van der Waals surface area contributed by atoms with Gasteiger partial charge in [-0.15, -0.1) is 11.3 Å². The quantitative estimate of drug-likeness (QED) is 0.811. The van der Waals surface area contributed by atoms with E-state index >= 15 is 0 Å². The molecule has 3 heteroatoms. The van der Waals surface area contributed by atoms with Crippen LogP contribution in [0.25, 0.3) is 0 Å². The Morgan fingerprint density at radius 3 is 2.50 bits per heavy atom. The van der Waals surface area contributed by atoms with Crippen LogP contribution in [-0.4, -0.2) is 24.0 Å². The molecule has 0 radical (unpaired) electrons. The summed E-state index contributed by atoms with van der Waals surface area (Å²) in [6.45, 7) is 8.93. The fourth-order valence-electron chi connectivity index (χ4n) is 2.49. The molecule has 0 saturated heterocycles. The van der Waals surface area contributed by atoms with E-state index in [1.807, 2.05) is 11.3 Å². The van der Waals surface area contributed by atoms with Crippen molar-refractivity contribution in [1.29, 1.82) is 0 Å². The molecule has 1 aromatic rings. The van der Waals surface area contributed by atoms with E-state index in [0.717, 1.165) is 6.42 Å². The minimum Gasteiger partial charge on any atom is -0.326 e. The van der Waals surface area contributed by atoms with Gasteiger partial charge in [0.25, 0.3) is 0 Å². The number of hydrogen-bond acceptors (Lipinski definition) is 3. The SMILES string of the molecule is CCCC(C)N(C)C(c1sccc1C)C(N)CC. The first-order valence-electron chi connectivity index (χ1n) is 7.04. The van der Waals surface area contributed by atoms with Crippen LogP contribution in [0.5, 0.6) is 0 Å². The minimum absolute atomic E-state index is 0.214. The standard InChI is InChI=1S/C15H28N2S/c1-6-8-12(4)17(5)14(13(16)7-2)15-11(3)9-10-18-15/h9-10,12-14H,6-8,16H2,1-5H3. The molecule has 1 heterocycles. The molecule has 1 aromatic heterocycles. The smallest absolute Gasteiger partial charge is 0.0595 e. The lowest BCUT2D eigenvalue weighted by molar-refractivity contribution is 0.153. The second kappa shape index (κ2) is 7.27. The zero-order valence-electron chi connectivity index (χ0n) is 12.4. The topological polar surface area (TPSA) is 29.3 Å². The van der Waals surface area contributed by atoms with E-state index in [4.69, 9.17) is 5.73 Å². The van der Waals surface area contributed by atoms with Crippen LogP contribution in [0.1, 0.15) is 56.5 Å². The van der Waals surface area contributed by atoms with Gasteiger partial charge in [0.05, 0.1) is 6.04 Å². The predicted octanol–water partition coefficient (Wildman–Crippen LogP) is 3.96. The summed E-state index contributed by atoms with van der Waals surface area (Å²) in [5, 5.41) is 2.18. The molecular weight excluding hydrogens is 240 g/mol. The third-order valence-electron chi connectivity index (χ3n) is 3.89. The van der Waals surface area contributed by atoms with Crippen molar-refractivity contribution in [1.82, 2.24) is 4.90 Å². The second-order valence-electron chi connectivity index (χ2n) is 5.29. The van der Waals surface area contributed by atoms with Crippen molar-refractivity contribution >= 4 is 11.3 Å². The third-order valence-corrected chi connectivity index (χ3v) is 4.98. The Kier molecular flexibility index (Phi) is 6.33. The molecule has 0 spiro atoms. The van der Waals surface area contributed by atoms with Crippen molar-refractivity contribution in [3.8, 4) is 0 Å². The number of likely N-dealkylation sites (N-methyl/N-ethyl adjacent to an activating group) is 1. The van der Waals surface area contributed by atoms with Gasteiger partial charge in [-0.3, -0.25) is 4.90 Å². The fourth-order valence-corrected chi connectivity index (χ4v) is 3.64. The summed E-state index contributed by atoms with van der Waals surface area (Å²) in [5.41, 5.74) is 7.76. The van der Waals surface area contributed by atoms with E-state index in [1.165, 1.54) is 23.3 Å². The van der Waals surface area contributed by atoms with Crippen LogP contribution in [0.2, 0.25) is 0 Å². The lowest BCUT2D eigenvalue weighted by Crippen LogP contribution is -2.42. The first-order valence-corrected chi connectivity index (χ1v) is 7.92. The van der Waals surface area contributed by atoms with Gasteiger partial charge in [-0.25, -0.2) is 0 Å². The highest BCUT2D eigenvalue weighted by Crippen LogP contribution is 2.32. The van der Waals surface area contributed by atoms with Gasteiger partial charge < -0.3 is 5.73 Å². The number of rotatable bonds is 7. The first kappa shape index (κ1) is 15.7. The minimum atomic E-state index is 0.214. The molecule has 0 fully saturated rings. The number of aryl methyl sites for hydroxylation is 1. The molecular formula is C15H28N2S. The molecule has 2 N–H and O–H groups in total. The highest BCUT2D eigenvalue weighted by atomic mass is 32.1. The summed E-state index contributed by atoms with van der Waals surface area (Å²) >= 11 is 1.84. The summed E-state index contributed by atoms with van der Waals surface area (Å²) in [6.07, 6.45) is 3.47. The van der Waals surface area contributed by atoms with Gasteiger partial charge in [0.2, 0.25) is 0 Å². The molecule has 0 aliphatic rings. The maximum Gasteiger partial charge on any atom is 0.0595 e. The van der Waals surface area contributed by atoms with E-state index in [1.54, 1.807) is 0 Å². The Bertz CT molecular complexity index is 348. The molecule has 18 heavy (non-hydrogen) atoms. The molecule has 0 bridgehead atoms. The van der Waals surface area contributed by atoms with Crippen LogP contribution >= 0.6 is 11.3 Å². The second-order valence-corrected chi connectivity index (χ2v) is 6.24. The predicted molar refractivity (Wildman–Crippen MR) is 82.2 cm³/mol. The Hall–Kier alpha value is -0.380. The van der Waals surface area contributed by atoms with Crippen molar-refractivity contribution in [3.63, 3.8) is 0 Å². The number of thiophene rings is 1. The van der Waals surface area contributed by atoms with Crippen molar-refractivity contribution in [2.24, 2.45) is 5.73 Å². The Morgan fingerprint density at radius 2 is 2.06 bits per heavy atom. The fraction of sp³-hybridized carbons (Fsp3) is 0.733. The number of hydrogen-bond donors (Lipinski definition) is 1. The average molecular weight is 268 g/mol. The highest BCUT2D eigenvalue weighted by Gasteiger charge is 2.28. The third kappa shape index (κ3) is 3.56. The Morgan fingerprint density at radius 1 is 1.39 bits per heavy atom. The van der Waals surface area contributed by atoms with Gasteiger partial charge in [0.15, 0.2) is 0 Å². The van der Waals surface area contributed by atoms with Crippen LogP contribution < -0.4 is 5.73 Å². The van der Waals surface area contributed by atoms with Gasteiger partial charge in [0, 0.05) is 17.0 Å². The summed E-state index contributed by atoms with van der Waals surface area (Å²) in [6, 6.07) is 3.36. The summed E-state index contributed by atoms with van der Waals surface area (Å²) in [7, 11) is 2.22. The van der Waals surface area contributed by atoms with Crippen LogP contribution in [0, 0.1) is 6.92 Å². The van der Waals surface area contributed by atoms with Gasteiger partial charge in [0.1, 0.15) is 0 Å².